The lowest BCUT2D eigenvalue weighted by Crippen LogP contribution is -2.11. The first-order valence-corrected chi connectivity index (χ1v) is 6.42. The van der Waals surface area contributed by atoms with Crippen molar-refractivity contribution < 1.29 is 14.3 Å². The number of Topliss-reactive ketones (excluding diaryl/α,β-unsaturated/α-hetero) is 1. The molecule has 0 N–H and O–H groups in total. The maximum absolute atomic E-state index is 12.1. The van der Waals surface area contributed by atoms with Gasteiger partial charge in [0.25, 0.3) is 0 Å². The van der Waals surface area contributed by atoms with Crippen molar-refractivity contribution in [2.45, 2.75) is 12.8 Å². The zero-order valence-corrected chi connectivity index (χ0v) is 11.3. The average molecular weight is 268 g/mol. The van der Waals surface area contributed by atoms with E-state index in [0.717, 1.165) is 5.56 Å². The van der Waals surface area contributed by atoms with Crippen LogP contribution in [0, 0.1) is 0 Å². The van der Waals surface area contributed by atoms with Crippen LogP contribution in [0.5, 0.6) is 0 Å². The molecule has 102 valence electrons. The molecule has 0 aliphatic rings. The van der Waals surface area contributed by atoms with Gasteiger partial charge in [-0.15, -0.1) is 0 Å². The Morgan fingerprint density at radius 2 is 1.55 bits per heavy atom. The lowest BCUT2D eigenvalue weighted by molar-refractivity contribution is -0.117. The van der Waals surface area contributed by atoms with Crippen LogP contribution in [0.2, 0.25) is 0 Å². The Kier molecular flexibility index (Phi) is 4.66. The Morgan fingerprint density at radius 3 is 2.25 bits per heavy atom. The third kappa shape index (κ3) is 3.54. The Balaban J connectivity index is 2.10. The van der Waals surface area contributed by atoms with E-state index in [-0.39, 0.29) is 12.2 Å². The van der Waals surface area contributed by atoms with Crippen LogP contribution in [0.1, 0.15) is 21.5 Å². The number of ketones is 1. The van der Waals surface area contributed by atoms with Crippen LogP contribution < -0.4 is 0 Å². The molecule has 0 heterocycles. The minimum atomic E-state index is -0.409. The van der Waals surface area contributed by atoms with Crippen LogP contribution in [0.4, 0.5) is 0 Å². The van der Waals surface area contributed by atoms with Crippen LogP contribution >= 0.6 is 0 Å². The molecule has 0 aliphatic heterocycles. The Bertz CT molecular complexity index is 603. The molecule has 0 atom stereocenters. The summed E-state index contributed by atoms with van der Waals surface area (Å²) in [5.74, 6) is -0.333. The fourth-order valence-electron chi connectivity index (χ4n) is 2.08. The van der Waals surface area contributed by atoms with Gasteiger partial charge in [-0.25, -0.2) is 4.79 Å². The fourth-order valence-corrected chi connectivity index (χ4v) is 2.08. The predicted molar refractivity (Wildman–Crippen MR) is 76.6 cm³/mol. The van der Waals surface area contributed by atoms with Gasteiger partial charge >= 0.3 is 5.97 Å². The molecule has 0 amide bonds. The van der Waals surface area contributed by atoms with Gasteiger partial charge in [-0.2, -0.15) is 0 Å². The highest BCUT2D eigenvalue weighted by atomic mass is 16.5. The molecule has 2 aromatic carbocycles. The average Bonchev–Trinajstić information content (AvgIpc) is 2.48. The van der Waals surface area contributed by atoms with Crippen molar-refractivity contribution in [3.63, 3.8) is 0 Å². The number of ether oxygens (including phenoxy) is 1. The van der Waals surface area contributed by atoms with Gasteiger partial charge in [0, 0.05) is 12.8 Å². The monoisotopic (exact) mass is 268 g/mol. The van der Waals surface area contributed by atoms with E-state index >= 15 is 0 Å². The van der Waals surface area contributed by atoms with E-state index in [4.69, 9.17) is 4.74 Å². The standard InChI is InChI=1S/C17H16O3/c1-20-17(19)16-10-6-5-9-14(16)12-15(18)11-13-7-3-2-4-8-13/h2-10H,11-12H2,1H3. The fraction of sp³-hybridized carbons (Fsp3) is 0.176. The summed E-state index contributed by atoms with van der Waals surface area (Å²) >= 11 is 0. The molecule has 0 unspecified atom stereocenters. The third-order valence-electron chi connectivity index (χ3n) is 3.05. The van der Waals surface area contributed by atoms with Crippen molar-refractivity contribution in [1.29, 1.82) is 0 Å². The first-order valence-electron chi connectivity index (χ1n) is 6.42. The molecule has 0 aromatic heterocycles. The summed E-state index contributed by atoms with van der Waals surface area (Å²) in [4.78, 5) is 23.7. The molecular weight excluding hydrogens is 252 g/mol. The molecule has 0 bridgehead atoms. The van der Waals surface area contributed by atoms with E-state index in [1.807, 2.05) is 36.4 Å². The number of hydrogen-bond donors (Lipinski definition) is 0. The van der Waals surface area contributed by atoms with Crippen LogP contribution in [0.3, 0.4) is 0 Å². The molecule has 0 radical (unpaired) electrons. The number of benzene rings is 2. The molecule has 0 saturated carbocycles. The van der Waals surface area contributed by atoms with Gasteiger partial charge in [0.05, 0.1) is 12.7 Å². The van der Waals surface area contributed by atoms with Crippen molar-refractivity contribution in [3.05, 3.63) is 71.3 Å². The first kappa shape index (κ1) is 14.0. The maximum Gasteiger partial charge on any atom is 0.338 e. The van der Waals surface area contributed by atoms with E-state index < -0.39 is 5.97 Å². The maximum atomic E-state index is 12.1. The van der Waals surface area contributed by atoms with Crippen LogP contribution in [-0.2, 0) is 22.4 Å². The van der Waals surface area contributed by atoms with E-state index in [9.17, 15) is 9.59 Å². The largest absolute Gasteiger partial charge is 0.465 e. The van der Waals surface area contributed by atoms with Crippen molar-refractivity contribution in [1.82, 2.24) is 0 Å². The zero-order chi connectivity index (χ0) is 14.4. The third-order valence-corrected chi connectivity index (χ3v) is 3.05. The highest BCUT2D eigenvalue weighted by molar-refractivity contribution is 5.93. The molecule has 0 spiro atoms. The van der Waals surface area contributed by atoms with Crippen molar-refractivity contribution in [3.8, 4) is 0 Å². The normalized spacial score (nSPS) is 10.1. The molecule has 2 aromatic rings. The molecule has 3 heteroatoms. The van der Waals surface area contributed by atoms with Gasteiger partial charge < -0.3 is 4.74 Å². The lowest BCUT2D eigenvalue weighted by atomic mass is 9.99. The zero-order valence-electron chi connectivity index (χ0n) is 11.3. The van der Waals surface area contributed by atoms with Gasteiger partial charge in [0.1, 0.15) is 5.78 Å². The molecule has 0 fully saturated rings. The number of hydrogen-bond acceptors (Lipinski definition) is 3. The highest BCUT2D eigenvalue weighted by Crippen LogP contribution is 2.12. The van der Waals surface area contributed by atoms with Crippen molar-refractivity contribution >= 4 is 11.8 Å². The number of carbonyl (C=O) groups excluding carboxylic acids is 2. The second-order valence-corrected chi connectivity index (χ2v) is 4.53. The van der Waals surface area contributed by atoms with Crippen molar-refractivity contribution in [2.75, 3.05) is 7.11 Å². The Labute approximate surface area is 118 Å². The van der Waals surface area contributed by atoms with E-state index in [1.54, 1.807) is 18.2 Å². The summed E-state index contributed by atoms with van der Waals surface area (Å²) in [6.07, 6.45) is 0.608. The van der Waals surface area contributed by atoms with Crippen LogP contribution in [0.25, 0.3) is 0 Å². The number of methoxy groups -OCH3 is 1. The second-order valence-electron chi connectivity index (χ2n) is 4.53. The quantitative estimate of drug-likeness (QED) is 0.783. The molecular formula is C17H16O3. The number of esters is 1. The van der Waals surface area contributed by atoms with Gasteiger partial charge in [0.15, 0.2) is 0 Å². The smallest absolute Gasteiger partial charge is 0.338 e. The van der Waals surface area contributed by atoms with Gasteiger partial charge in [-0.3, -0.25) is 4.79 Å². The second kappa shape index (κ2) is 6.66. The molecule has 0 saturated heterocycles. The Morgan fingerprint density at radius 1 is 0.900 bits per heavy atom. The van der Waals surface area contributed by atoms with Crippen LogP contribution in [0.15, 0.2) is 54.6 Å². The van der Waals surface area contributed by atoms with Gasteiger partial charge in [-0.05, 0) is 17.2 Å². The summed E-state index contributed by atoms with van der Waals surface area (Å²) in [6.45, 7) is 0. The summed E-state index contributed by atoms with van der Waals surface area (Å²) in [6, 6.07) is 16.6. The summed E-state index contributed by atoms with van der Waals surface area (Å²) < 4.78 is 4.73. The van der Waals surface area contributed by atoms with E-state index in [1.165, 1.54) is 7.11 Å². The van der Waals surface area contributed by atoms with Crippen LogP contribution in [-0.4, -0.2) is 18.9 Å². The minimum absolute atomic E-state index is 0.0764. The lowest BCUT2D eigenvalue weighted by Gasteiger charge is -2.07. The van der Waals surface area contributed by atoms with E-state index in [2.05, 4.69) is 0 Å². The number of rotatable bonds is 5. The molecule has 20 heavy (non-hydrogen) atoms. The molecule has 0 aliphatic carbocycles. The van der Waals surface area contributed by atoms with Gasteiger partial charge in [-0.1, -0.05) is 48.5 Å². The summed E-state index contributed by atoms with van der Waals surface area (Å²) in [7, 11) is 1.34. The van der Waals surface area contributed by atoms with Crippen molar-refractivity contribution in [2.24, 2.45) is 0 Å². The first-order chi connectivity index (χ1) is 9.70. The minimum Gasteiger partial charge on any atom is -0.465 e. The predicted octanol–water partition coefficient (Wildman–Crippen LogP) is 2.83. The van der Waals surface area contributed by atoms with Gasteiger partial charge in [0.2, 0.25) is 0 Å². The van der Waals surface area contributed by atoms with E-state index in [0.29, 0.717) is 17.5 Å². The molecule has 2 rings (SSSR count). The highest BCUT2D eigenvalue weighted by Gasteiger charge is 2.13. The SMILES string of the molecule is COC(=O)c1ccccc1CC(=O)Cc1ccccc1. The Hall–Kier alpha value is -2.42. The summed E-state index contributed by atoms with van der Waals surface area (Å²) in [5, 5.41) is 0. The summed E-state index contributed by atoms with van der Waals surface area (Å²) in [5.41, 5.74) is 2.14. The topological polar surface area (TPSA) is 43.4 Å². The number of carbonyl (C=O) groups is 2. The molecule has 3 nitrogen and oxygen atoms in total.